The zero-order chi connectivity index (χ0) is 19.8. The summed E-state index contributed by atoms with van der Waals surface area (Å²) in [4.78, 5) is 12.4. The van der Waals surface area contributed by atoms with E-state index in [1.165, 1.54) is 22.7 Å². The number of benzene rings is 3. The molecule has 1 amide bonds. The third-order valence-electron chi connectivity index (χ3n) is 5.28. The summed E-state index contributed by atoms with van der Waals surface area (Å²) in [5.74, 6) is -0.303. The van der Waals surface area contributed by atoms with Gasteiger partial charge >= 0.3 is 0 Å². The van der Waals surface area contributed by atoms with Crippen molar-refractivity contribution in [2.75, 3.05) is 0 Å². The average Bonchev–Trinajstić information content (AvgIpc) is 3.39. The minimum Gasteiger partial charge on any atom is -0.507 e. The summed E-state index contributed by atoms with van der Waals surface area (Å²) in [5, 5.41) is 23.2. The molecule has 0 spiro atoms. The Morgan fingerprint density at radius 1 is 1.07 bits per heavy atom. The van der Waals surface area contributed by atoms with E-state index >= 15 is 0 Å². The highest BCUT2D eigenvalue weighted by atomic mass is 16.3. The number of carbonyl (C=O) groups is 1. The Hall–Kier alpha value is -3.93. The number of hydrogen-bond donors (Lipinski definition) is 3. The first kappa shape index (κ1) is 17.2. The van der Waals surface area contributed by atoms with Crippen LogP contribution in [0.15, 0.2) is 65.8 Å². The summed E-state index contributed by atoms with van der Waals surface area (Å²) < 4.78 is 0. The summed E-state index contributed by atoms with van der Waals surface area (Å²) in [5.41, 5.74) is 7.74. The second kappa shape index (κ2) is 6.91. The minimum atomic E-state index is -0.402. The largest absolute Gasteiger partial charge is 0.507 e. The number of phenols is 1. The number of aromatic hydroxyl groups is 1. The highest BCUT2D eigenvalue weighted by molar-refractivity contribution is 6.02. The topological polar surface area (TPSA) is 90.4 Å². The lowest BCUT2D eigenvalue weighted by Gasteiger charge is -2.06. The van der Waals surface area contributed by atoms with E-state index in [9.17, 15) is 9.90 Å². The van der Waals surface area contributed by atoms with Crippen molar-refractivity contribution < 1.29 is 9.90 Å². The molecule has 3 aromatic carbocycles. The van der Waals surface area contributed by atoms with Gasteiger partial charge in [0.25, 0.3) is 5.91 Å². The van der Waals surface area contributed by atoms with Crippen LogP contribution in [0.4, 0.5) is 0 Å². The lowest BCUT2D eigenvalue weighted by atomic mass is 9.98. The first-order valence-electron chi connectivity index (χ1n) is 9.41. The number of hydrogen-bond acceptors (Lipinski definition) is 4. The van der Waals surface area contributed by atoms with Crippen LogP contribution >= 0.6 is 0 Å². The molecule has 0 saturated heterocycles. The molecule has 1 aliphatic carbocycles. The van der Waals surface area contributed by atoms with Gasteiger partial charge in [0, 0.05) is 11.1 Å². The number of carbonyl (C=O) groups excluding carboxylic acids is 1. The van der Waals surface area contributed by atoms with Crippen molar-refractivity contribution in [2.24, 2.45) is 5.10 Å². The summed E-state index contributed by atoms with van der Waals surface area (Å²) in [7, 11) is 0. The van der Waals surface area contributed by atoms with Gasteiger partial charge in [0.1, 0.15) is 11.4 Å². The van der Waals surface area contributed by atoms with Crippen molar-refractivity contribution >= 4 is 22.9 Å². The van der Waals surface area contributed by atoms with Gasteiger partial charge in [-0.25, -0.2) is 5.43 Å². The fraction of sp³-hybridized carbons (Fsp3) is 0.0870. The molecule has 0 radical (unpaired) electrons. The van der Waals surface area contributed by atoms with Crippen LogP contribution in [0.2, 0.25) is 0 Å². The van der Waals surface area contributed by atoms with Crippen LogP contribution in [0.3, 0.4) is 0 Å². The number of H-pyrrole nitrogens is 1. The average molecular weight is 382 g/mol. The number of aromatic amines is 1. The van der Waals surface area contributed by atoms with Crippen LogP contribution in [-0.4, -0.2) is 27.4 Å². The summed E-state index contributed by atoms with van der Waals surface area (Å²) in [6.07, 6.45) is 3.53. The van der Waals surface area contributed by atoms with E-state index in [2.05, 4.69) is 51.1 Å². The maximum Gasteiger partial charge on any atom is 0.289 e. The van der Waals surface area contributed by atoms with Gasteiger partial charge in [0.2, 0.25) is 0 Å². The highest BCUT2D eigenvalue weighted by Crippen LogP contribution is 2.36. The van der Waals surface area contributed by atoms with Crippen molar-refractivity contribution in [1.82, 2.24) is 15.6 Å². The zero-order valence-corrected chi connectivity index (χ0v) is 15.5. The van der Waals surface area contributed by atoms with Gasteiger partial charge in [-0.05, 0) is 52.9 Å². The normalized spacial score (nSPS) is 12.7. The van der Waals surface area contributed by atoms with Crippen molar-refractivity contribution in [1.29, 1.82) is 0 Å². The summed E-state index contributed by atoms with van der Waals surface area (Å²) in [6.45, 7) is 0. The number of nitrogens with one attached hydrogen (secondary N) is 2. The number of para-hydroxylation sites is 1. The molecule has 0 atom stereocenters. The number of aryl methyl sites for hydroxylation is 2. The number of nitrogens with zero attached hydrogens (tertiary/aromatic N) is 2. The fourth-order valence-corrected chi connectivity index (χ4v) is 3.86. The first-order chi connectivity index (χ1) is 14.2. The van der Waals surface area contributed by atoms with Gasteiger partial charge < -0.3 is 5.11 Å². The Balaban J connectivity index is 1.40. The van der Waals surface area contributed by atoms with Gasteiger partial charge in [0.15, 0.2) is 0 Å². The molecule has 0 bridgehead atoms. The molecule has 0 saturated carbocycles. The van der Waals surface area contributed by atoms with Gasteiger partial charge in [-0.15, -0.1) is 0 Å². The number of phenolic OH excluding ortho intramolecular Hbond substituents is 1. The highest BCUT2D eigenvalue weighted by Gasteiger charge is 2.18. The van der Waals surface area contributed by atoms with Crippen LogP contribution < -0.4 is 5.43 Å². The first-order valence-corrected chi connectivity index (χ1v) is 9.41. The van der Waals surface area contributed by atoms with Crippen LogP contribution in [0.5, 0.6) is 5.75 Å². The molecule has 6 nitrogen and oxygen atoms in total. The molecular formula is C23H18N4O2. The van der Waals surface area contributed by atoms with Crippen molar-refractivity contribution in [2.45, 2.75) is 12.8 Å². The Labute approximate surface area is 166 Å². The van der Waals surface area contributed by atoms with E-state index in [1.807, 2.05) is 0 Å². The zero-order valence-electron chi connectivity index (χ0n) is 15.5. The second-order valence-electron chi connectivity index (χ2n) is 7.04. The Kier molecular flexibility index (Phi) is 4.09. The van der Waals surface area contributed by atoms with E-state index in [1.54, 1.807) is 30.3 Å². The third kappa shape index (κ3) is 3.04. The van der Waals surface area contributed by atoms with E-state index in [0.29, 0.717) is 11.3 Å². The van der Waals surface area contributed by atoms with E-state index in [0.717, 1.165) is 29.5 Å². The molecule has 3 N–H and O–H groups in total. The number of aromatic nitrogens is 2. The Bertz CT molecular complexity index is 1260. The predicted octanol–water partition coefficient (Wildman–Crippen LogP) is 3.80. The smallest absolute Gasteiger partial charge is 0.289 e. The molecule has 29 heavy (non-hydrogen) atoms. The molecule has 5 rings (SSSR count). The van der Waals surface area contributed by atoms with Crippen molar-refractivity contribution in [3.05, 3.63) is 83.0 Å². The van der Waals surface area contributed by atoms with Gasteiger partial charge in [-0.1, -0.05) is 42.5 Å². The number of rotatable bonds is 4. The molecule has 0 unspecified atom stereocenters. The predicted molar refractivity (Wildman–Crippen MR) is 112 cm³/mol. The third-order valence-corrected chi connectivity index (χ3v) is 5.28. The maximum atomic E-state index is 12.4. The molecule has 142 valence electrons. The van der Waals surface area contributed by atoms with Gasteiger partial charge in [0.05, 0.1) is 11.9 Å². The lowest BCUT2D eigenvalue weighted by molar-refractivity contribution is 0.0950. The van der Waals surface area contributed by atoms with Crippen LogP contribution in [0.1, 0.15) is 27.2 Å². The molecule has 1 aliphatic rings. The van der Waals surface area contributed by atoms with E-state index < -0.39 is 5.91 Å². The van der Waals surface area contributed by atoms with Gasteiger partial charge in [-0.3, -0.25) is 9.89 Å². The standard InChI is InChI=1S/C23H18N4O2/c28-21-7-2-1-4-16(21)13-24-27-23(29)20-12-19(25-26-20)17-11-10-15-9-8-14-5-3-6-18(17)22(14)15/h1-7,10-13,28H,8-9H2,(H,25,26)(H,27,29). The summed E-state index contributed by atoms with van der Waals surface area (Å²) in [6, 6.07) is 19.1. The second-order valence-corrected chi connectivity index (χ2v) is 7.04. The number of amides is 1. The molecule has 0 fully saturated rings. The quantitative estimate of drug-likeness (QED) is 0.370. The van der Waals surface area contributed by atoms with Gasteiger partial charge in [-0.2, -0.15) is 10.2 Å². The molecule has 4 aromatic rings. The molecule has 0 aliphatic heterocycles. The molecular weight excluding hydrogens is 364 g/mol. The van der Waals surface area contributed by atoms with Crippen LogP contribution in [-0.2, 0) is 12.8 Å². The number of hydrazone groups is 1. The fourth-order valence-electron chi connectivity index (χ4n) is 3.86. The van der Waals surface area contributed by atoms with Crippen molar-refractivity contribution in [3.63, 3.8) is 0 Å². The van der Waals surface area contributed by atoms with Crippen LogP contribution in [0, 0.1) is 0 Å². The SMILES string of the molecule is O=C(NN=Cc1ccccc1O)c1cc(-c2ccc3c4c(cccc24)CC3)n[nH]1. The maximum absolute atomic E-state index is 12.4. The molecule has 6 heteroatoms. The van der Waals surface area contributed by atoms with Crippen molar-refractivity contribution in [3.8, 4) is 17.0 Å². The molecule has 1 heterocycles. The Morgan fingerprint density at radius 2 is 1.90 bits per heavy atom. The van der Waals surface area contributed by atoms with E-state index in [4.69, 9.17) is 0 Å². The minimum absolute atomic E-state index is 0.0985. The summed E-state index contributed by atoms with van der Waals surface area (Å²) >= 11 is 0. The van der Waals surface area contributed by atoms with Crippen LogP contribution in [0.25, 0.3) is 22.0 Å². The Morgan fingerprint density at radius 3 is 2.76 bits per heavy atom. The van der Waals surface area contributed by atoms with E-state index in [-0.39, 0.29) is 5.75 Å². The molecule has 1 aromatic heterocycles. The monoisotopic (exact) mass is 382 g/mol. The lowest BCUT2D eigenvalue weighted by Crippen LogP contribution is -2.18.